The molecule has 1 atom stereocenters. The zero-order valence-corrected chi connectivity index (χ0v) is 17.5. The van der Waals surface area contributed by atoms with Gasteiger partial charge in [-0.15, -0.1) is 0 Å². The molecule has 0 aliphatic carbocycles. The van der Waals surface area contributed by atoms with Gasteiger partial charge in [0.05, 0.1) is 18.8 Å². The number of ether oxygens (including phenoxy) is 1. The molecule has 4 rings (SSSR count). The molecule has 1 aliphatic heterocycles. The van der Waals surface area contributed by atoms with Crippen molar-refractivity contribution < 1.29 is 14.3 Å². The number of carbonyl (C=O) groups is 2. The van der Waals surface area contributed by atoms with E-state index in [1.54, 1.807) is 4.90 Å². The highest BCUT2D eigenvalue weighted by atomic mass is 16.5. The number of likely N-dealkylation sites (N-methyl/N-ethyl adjacent to an activating group) is 1. The van der Waals surface area contributed by atoms with E-state index >= 15 is 0 Å². The van der Waals surface area contributed by atoms with Gasteiger partial charge in [0.15, 0.2) is 0 Å². The molecule has 8 heteroatoms. The minimum Gasteiger partial charge on any atom is -0.378 e. The SMILES string of the molecule is CCNC(=O)[C@@H](Cc1c[nH]c2ccccc12)n1cc(C(=O)N2CCOCC2)ccc1=O. The van der Waals surface area contributed by atoms with Crippen LogP contribution in [0.25, 0.3) is 10.9 Å². The average molecular weight is 422 g/mol. The molecule has 2 aromatic heterocycles. The standard InChI is InChI=1S/C23H26N4O4/c1-2-24-22(29)20(13-17-14-25-19-6-4-3-5-18(17)19)27-15-16(7-8-21(27)28)23(30)26-9-11-31-12-10-26/h3-8,14-15,20,25H,2,9-13H2,1H3,(H,24,29)/t20-/m1/s1. The number of benzene rings is 1. The summed E-state index contributed by atoms with van der Waals surface area (Å²) in [6.45, 7) is 4.28. The maximum absolute atomic E-state index is 12.9. The number of nitrogens with one attached hydrogen (secondary N) is 2. The lowest BCUT2D eigenvalue weighted by atomic mass is 10.0. The fourth-order valence-electron chi connectivity index (χ4n) is 3.94. The van der Waals surface area contributed by atoms with E-state index in [-0.39, 0.29) is 17.4 Å². The fraction of sp³-hybridized carbons (Fsp3) is 0.348. The van der Waals surface area contributed by atoms with Gasteiger partial charge in [-0.25, -0.2) is 0 Å². The van der Waals surface area contributed by atoms with Crippen molar-refractivity contribution in [3.8, 4) is 0 Å². The molecular weight excluding hydrogens is 396 g/mol. The molecule has 31 heavy (non-hydrogen) atoms. The molecule has 0 radical (unpaired) electrons. The topological polar surface area (TPSA) is 96.4 Å². The predicted octanol–water partition coefficient (Wildman–Crippen LogP) is 1.72. The molecule has 1 fully saturated rings. The molecule has 0 saturated carbocycles. The molecule has 162 valence electrons. The number of nitrogens with zero attached hydrogens (tertiary/aromatic N) is 2. The first kappa shape index (κ1) is 20.9. The normalized spacial score (nSPS) is 15.1. The highest BCUT2D eigenvalue weighted by Gasteiger charge is 2.25. The zero-order valence-electron chi connectivity index (χ0n) is 17.5. The highest BCUT2D eigenvalue weighted by Crippen LogP contribution is 2.23. The van der Waals surface area contributed by atoms with Crippen molar-refractivity contribution in [3.05, 3.63) is 70.3 Å². The van der Waals surface area contributed by atoms with Gasteiger partial charge in [0.2, 0.25) is 5.91 Å². The van der Waals surface area contributed by atoms with Gasteiger partial charge in [0, 0.05) is 55.4 Å². The Labute approximate surface area is 179 Å². The Morgan fingerprint density at radius 3 is 2.71 bits per heavy atom. The molecule has 3 aromatic rings. The van der Waals surface area contributed by atoms with Crippen LogP contribution >= 0.6 is 0 Å². The quantitative estimate of drug-likeness (QED) is 0.632. The van der Waals surface area contributed by atoms with Gasteiger partial charge in [-0.1, -0.05) is 18.2 Å². The van der Waals surface area contributed by atoms with E-state index < -0.39 is 6.04 Å². The van der Waals surface area contributed by atoms with Crippen LogP contribution in [0.1, 0.15) is 28.9 Å². The van der Waals surface area contributed by atoms with E-state index in [1.165, 1.54) is 22.9 Å². The Morgan fingerprint density at radius 2 is 1.94 bits per heavy atom. The van der Waals surface area contributed by atoms with Crippen molar-refractivity contribution in [2.24, 2.45) is 0 Å². The van der Waals surface area contributed by atoms with E-state index in [0.717, 1.165) is 16.5 Å². The Morgan fingerprint density at radius 1 is 1.16 bits per heavy atom. The number of aromatic nitrogens is 2. The van der Waals surface area contributed by atoms with Crippen molar-refractivity contribution in [1.29, 1.82) is 0 Å². The van der Waals surface area contributed by atoms with E-state index in [2.05, 4.69) is 10.3 Å². The van der Waals surface area contributed by atoms with Crippen LogP contribution in [0.2, 0.25) is 0 Å². The number of aromatic amines is 1. The summed E-state index contributed by atoms with van der Waals surface area (Å²) in [4.78, 5) is 43.5. The Balaban J connectivity index is 1.70. The van der Waals surface area contributed by atoms with Crippen LogP contribution in [0.15, 0.2) is 53.6 Å². The van der Waals surface area contributed by atoms with E-state index in [1.807, 2.05) is 37.4 Å². The lowest BCUT2D eigenvalue weighted by molar-refractivity contribution is -0.124. The minimum atomic E-state index is -0.774. The smallest absolute Gasteiger partial charge is 0.255 e. The van der Waals surface area contributed by atoms with Crippen molar-refractivity contribution in [3.63, 3.8) is 0 Å². The second-order valence-electron chi connectivity index (χ2n) is 7.54. The summed E-state index contributed by atoms with van der Waals surface area (Å²) in [6.07, 6.45) is 3.70. The summed E-state index contributed by atoms with van der Waals surface area (Å²) in [5.41, 5.74) is 1.96. The van der Waals surface area contributed by atoms with Gasteiger partial charge < -0.3 is 24.5 Å². The van der Waals surface area contributed by atoms with Gasteiger partial charge >= 0.3 is 0 Å². The first-order chi connectivity index (χ1) is 15.1. The number of hydrogen-bond acceptors (Lipinski definition) is 4. The first-order valence-electron chi connectivity index (χ1n) is 10.5. The molecule has 2 amide bonds. The molecule has 0 bridgehead atoms. The zero-order chi connectivity index (χ0) is 21.8. The van der Waals surface area contributed by atoms with Crippen molar-refractivity contribution in [1.82, 2.24) is 19.8 Å². The number of rotatable bonds is 6. The molecule has 0 unspecified atom stereocenters. The lowest BCUT2D eigenvalue weighted by Gasteiger charge is -2.27. The Kier molecular flexibility index (Phi) is 6.18. The van der Waals surface area contributed by atoms with Crippen LogP contribution < -0.4 is 10.9 Å². The summed E-state index contributed by atoms with van der Waals surface area (Å²) < 4.78 is 6.69. The van der Waals surface area contributed by atoms with Crippen molar-refractivity contribution in [2.75, 3.05) is 32.8 Å². The molecule has 3 heterocycles. The summed E-state index contributed by atoms with van der Waals surface area (Å²) in [6, 6.07) is 9.94. The summed E-state index contributed by atoms with van der Waals surface area (Å²) in [5.74, 6) is -0.426. The minimum absolute atomic E-state index is 0.168. The number of pyridine rings is 1. The third-order valence-corrected chi connectivity index (χ3v) is 5.56. The van der Waals surface area contributed by atoms with Gasteiger partial charge in [-0.05, 0) is 24.6 Å². The van der Waals surface area contributed by atoms with Gasteiger partial charge in [0.25, 0.3) is 11.5 Å². The van der Waals surface area contributed by atoms with Gasteiger partial charge in [-0.3, -0.25) is 14.4 Å². The first-order valence-corrected chi connectivity index (χ1v) is 10.5. The number of H-pyrrole nitrogens is 1. The third-order valence-electron chi connectivity index (χ3n) is 5.56. The second kappa shape index (κ2) is 9.18. The van der Waals surface area contributed by atoms with Gasteiger partial charge in [0.1, 0.15) is 6.04 Å². The number of para-hydroxylation sites is 1. The number of hydrogen-bond donors (Lipinski definition) is 2. The largest absolute Gasteiger partial charge is 0.378 e. The maximum Gasteiger partial charge on any atom is 0.255 e. The third kappa shape index (κ3) is 4.39. The van der Waals surface area contributed by atoms with Crippen LogP contribution in [-0.2, 0) is 16.0 Å². The molecule has 1 saturated heterocycles. The van der Waals surface area contributed by atoms with Gasteiger partial charge in [-0.2, -0.15) is 0 Å². The van der Waals surface area contributed by atoms with Crippen LogP contribution in [0.5, 0.6) is 0 Å². The molecule has 1 aliphatic rings. The fourth-order valence-corrected chi connectivity index (χ4v) is 3.94. The van der Waals surface area contributed by atoms with E-state index in [4.69, 9.17) is 4.74 Å². The average Bonchev–Trinajstić information content (AvgIpc) is 3.21. The molecule has 8 nitrogen and oxygen atoms in total. The van der Waals surface area contributed by atoms with Crippen molar-refractivity contribution in [2.45, 2.75) is 19.4 Å². The van der Waals surface area contributed by atoms with E-state index in [9.17, 15) is 14.4 Å². The maximum atomic E-state index is 12.9. The van der Waals surface area contributed by atoms with Crippen LogP contribution in [0.3, 0.4) is 0 Å². The van der Waals surface area contributed by atoms with Crippen LogP contribution in [0, 0.1) is 0 Å². The molecule has 0 spiro atoms. The summed E-state index contributed by atoms with van der Waals surface area (Å²) in [5, 5.41) is 3.83. The molecule has 2 N–H and O–H groups in total. The highest BCUT2D eigenvalue weighted by molar-refractivity contribution is 5.94. The lowest BCUT2D eigenvalue weighted by Crippen LogP contribution is -2.42. The van der Waals surface area contributed by atoms with Crippen LogP contribution in [0.4, 0.5) is 0 Å². The monoisotopic (exact) mass is 422 g/mol. The Hall–Kier alpha value is -3.39. The van der Waals surface area contributed by atoms with Crippen LogP contribution in [-0.4, -0.2) is 59.1 Å². The van der Waals surface area contributed by atoms with Crippen molar-refractivity contribution >= 4 is 22.7 Å². The Bertz CT molecular complexity index is 1140. The molecular formula is C23H26N4O4. The van der Waals surface area contributed by atoms with E-state index in [0.29, 0.717) is 44.8 Å². The number of amides is 2. The second-order valence-corrected chi connectivity index (χ2v) is 7.54. The number of carbonyl (C=O) groups excluding carboxylic acids is 2. The number of morpholine rings is 1. The predicted molar refractivity (Wildman–Crippen MR) is 117 cm³/mol. The summed E-state index contributed by atoms with van der Waals surface area (Å²) in [7, 11) is 0. The number of fused-ring (bicyclic) bond motifs is 1. The molecule has 1 aromatic carbocycles. The summed E-state index contributed by atoms with van der Waals surface area (Å²) >= 11 is 0.